The predicted molar refractivity (Wildman–Crippen MR) is 155 cm³/mol. The summed E-state index contributed by atoms with van der Waals surface area (Å²) >= 11 is 0. The zero-order valence-electron chi connectivity index (χ0n) is 22.8. The number of fused-ring (bicyclic) bond motifs is 2. The quantitative estimate of drug-likeness (QED) is 0.389. The van der Waals surface area contributed by atoms with Crippen LogP contribution in [0.25, 0.3) is 0 Å². The Kier molecular flexibility index (Phi) is 8.62. The minimum Gasteiger partial charge on any atom is -0.481 e. The van der Waals surface area contributed by atoms with Crippen LogP contribution in [-0.4, -0.2) is 60.0 Å². The number of anilines is 1. The number of nitrogens with zero attached hydrogens (tertiary/aromatic N) is 2. The van der Waals surface area contributed by atoms with E-state index >= 15 is 0 Å². The molecule has 41 heavy (non-hydrogen) atoms. The van der Waals surface area contributed by atoms with Crippen LogP contribution in [0.15, 0.2) is 78.9 Å². The van der Waals surface area contributed by atoms with Gasteiger partial charge in [-0.25, -0.2) is 4.79 Å². The molecule has 1 atom stereocenters. The van der Waals surface area contributed by atoms with Crippen molar-refractivity contribution in [3.8, 4) is 0 Å². The number of nitrogens with one attached hydrogen (secondary N) is 2. The molecule has 1 saturated heterocycles. The molecule has 2 heterocycles. The summed E-state index contributed by atoms with van der Waals surface area (Å²) < 4.78 is 0. The molecule has 0 bridgehead atoms. The van der Waals surface area contributed by atoms with Crippen LogP contribution in [0.1, 0.15) is 52.2 Å². The predicted octanol–water partition coefficient (Wildman–Crippen LogP) is 3.99. The fourth-order valence-electron chi connectivity index (χ4n) is 5.70. The van der Waals surface area contributed by atoms with Gasteiger partial charge in [0, 0.05) is 43.3 Å². The molecule has 3 aromatic carbocycles. The summed E-state index contributed by atoms with van der Waals surface area (Å²) in [6.45, 7) is 1.94. The van der Waals surface area contributed by atoms with Crippen LogP contribution in [0.4, 0.5) is 10.5 Å². The van der Waals surface area contributed by atoms with Crippen LogP contribution in [0, 0.1) is 5.92 Å². The van der Waals surface area contributed by atoms with Gasteiger partial charge in [-0.1, -0.05) is 66.7 Å². The van der Waals surface area contributed by atoms with Crippen molar-refractivity contribution in [3.05, 3.63) is 101 Å². The number of carboxylic acids is 1. The smallest absolute Gasteiger partial charge is 0.315 e. The largest absolute Gasteiger partial charge is 0.481 e. The van der Waals surface area contributed by atoms with Crippen LogP contribution in [0.5, 0.6) is 0 Å². The van der Waals surface area contributed by atoms with Gasteiger partial charge >= 0.3 is 12.0 Å². The number of hydrogen-bond donors (Lipinski definition) is 3. The van der Waals surface area contributed by atoms with E-state index in [2.05, 4.69) is 10.6 Å². The van der Waals surface area contributed by atoms with Crippen LogP contribution in [0.3, 0.4) is 0 Å². The fraction of sp³-hybridized carbons (Fsp3) is 0.312. The molecule has 9 heteroatoms. The van der Waals surface area contributed by atoms with E-state index in [1.54, 1.807) is 41.3 Å². The lowest BCUT2D eigenvalue weighted by Gasteiger charge is -2.34. The van der Waals surface area contributed by atoms with Crippen molar-refractivity contribution in [3.63, 3.8) is 0 Å². The molecule has 0 aliphatic carbocycles. The number of carboxylic acid groups (broad SMARTS) is 1. The average Bonchev–Trinajstić information content (AvgIpc) is 3.09. The lowest BCUT2D eigenvalue weighted by Crippen LogP contribution is -2.47. The Labute approximate surface area is 239 Å². The number of carbonyl (C=O) groups excluding carboxylic acids is 3. The molecule has 212 valence electrons. The summed E-state index contributed by atoms with van der Waals surface area (Å²) in [4.78, 5) is 54.5. The summed E-state index contributed by atoms with van der Waals surface area (Å²) in [6.07, 6.45) is 1.34. The van der Waals surface area contributed by atoms with Gasteiger partial charge in [0.2, 0.25) is 5.91 Å². The monoisotopic (exact) mass is 554 g/mol. The highest BCUT2D eigenvalue weighted by atomic mass is 16.4. The lowest BCUT2D eigenvalue weighted by atomic mass is 9.86. The van der Waals surface area contributed by atoms with Gasteiger partial charge in [0.15, 0.2) is 0 Å². The lowest BCUT2D eigenvalue weighted by molar-refractivity contribution is -0.137. The number of aliphatic carboxylic acids is 1. The molecule has 0 spiro atoms. The highest BCUT2D eigenvalue weighted by Crippen LogP contribution is 2.40. The minimum atomic E-state index is -0.956. The Morgan fingerprint density at radius 1 is 0.829 bits per heavy atom. The number of para-hydroxylation sites is 1. The van der Waals surface area contributed by atoms with E-state index < -0.39 is 11.9 Å². The molecule has 2 aliphatic heterocycles. The first-order chi connectivity index (χ1) is 19.9. The number of piperidine rings is 1. The summed E-state index contributed by atoms with van der Waals surface area (Å²) in [6, 6.07) is 23.8. The standard InChI is InChI=1S/C32H34N4O5/c37-29(35-16-14-23(15-17-35)20-34-32(41)33-19-22-8-2-1-3-9-22)21-36-28-13-7-6-11-25(28)27(18-30(38)39)24-10-4-5-12-26(24)31(36)40/h1-13,23,27H,14-21H2,(H,38,39)(H2,33,34,41). The van der Waals surface area contributed by atoms with Crippen molar-refractivity contribution in [2.24, 2.45) is 5.92 Å². The zero-order chi connectivity index (χ0) is 28.8. The van der Waals surface area contributed by atoms with E-state index in [1.807, 2.05) is 42.5 Å². The highest BCUT2D eigenvalue weighted by Gasteiger charge is 2.35. The van der Waals surface area contributed by atoms with Gasteiger partial charge in [-0.3, -0.25) is 19.3 Å². The summed E-state index contributed by atoms with van der Waals surface area (Å²) in [5, 5.41) is 15.4. The third-order valence-corrected chi connectivity index (χ3v) is 7.90. The van der Waals surface area contributed by atoms with Crippen molar-refractivity contribution < 1.29 is 24.3 Å². The number of carbonyl (C=O) groups is 4. The second kappa shape index (κ2) is 12.7. The molecule has 9 nitrogen and oxygen atoms in total. The summed E-state index contributed by atoms with van der Waals surface area (Å²) in [5.41, 5.74) is 3.38. The van der Waals surface area contributed by atoms with Gasteiger partial charge in [-0.2, -0.15) is 0 Å². The fourth-order valence-corrected chi connectivity index (χ4v) is 5.70. The maximum atomic E-state index is 13.8. The van der Waals surface area contributed by atoms with Crippen molar-refractivity contribution >= 4 is 29.5 Å². The van der Waals surface area contributed by atoms with E-state index in [0.29, 0.717) is 43.0 Å². The molecule has 4 amide bonds. The van der Waals surface area contributed by atoms with Gasteiger partial charge in [-0.15, -0.1) is 0 Å². The first-order valence-corrected chi connectivity index (χ1v) is 14.0. The third kappa shape index (κ3) is 6.57. The number of rotatable bonds is 8. The Hall–Kier alpha value is -4.66. The normalized spacial score (nSPS) is 16.8. The number of benzene rings is 3. The molecule has 0 saturated carbocycles. The molecule has 3 N–H and O–H groups in total. The summed E-state index contributed by atoms with van der Waals surface area (Å²) in [7, 11) is 0. The summed E-state index contributed by atoms with van der Waals surface area (Å²) in [5.74, 6) is -1.67. The Bertz CT molecular complexity index is 1420. The SMILES string of the molecule is O=C(O)CC1c2ccccc2C(=O)N(CC(=O)N2CCC(CNC(=O)NCc3ccccc3)CC2)c2ccccc21. The Morgan fingerprint density at radius 3 is 2.22 bits per heavy atom. The van der Waals surface area contributed by atoms with Gasteiger partial charge in [0.25, 0.3) is 5.91 Å². The molecule has 3 aromatic rings. The molecular formula is C32H34N4O5. The second-order valence-corrected chi connectivity index (χ2v) is 10.6. The number of hydrogen-bond acceptors (Lipinski definition) is 4. The van der Waals surface area contributed by atoms with E-state index in [4.69, 9.17) is 0 Å². The van der Waals surface area contributed by atoms with Crippen molar-refractivity contribution in [2.75, 3.05) is 31.1 Å². The Balaban J connectivity index is 1.20. The maximum absolute atomic E-state index is 13.8. The first kappa shape index (κ1) is 27.9. The van der Waals surface area contributed by atoms with Gasteiger partial charge in [-0.05, 0) is 47.6 Å². The molecule has 1 fully saturated rings. The van der Waals surface area contributed by atoms with Gasteiger partial charge in [0.05, 0.1) is 6.42 Å². The van der Waals surface area contributed by atoms with Gasteiger partial charge < -0.3 is 20.6 Å². The van der Waals surface area contributed by atoms with Crippen molar-refractivity contribution in [1.29, 1.82) is 0 Å². The number of likely N-dealkylation sites (tertiary alicyclic amines) is 1. The van der Waals surface area contributed by atoms with Crippen molar-refractivity contribution in [2.45, 2.75) is 31.7 Å². The third-order valence-electron chi connectivity index (χ3n) is 7.90. The highest BCUT2D eigenvalue weighted by molar-refractivity contribution is 6.11. The molecule has 0 aromatic heterocycles. The van der Waals surface area contributed by atoms with Crippen LogP contribution >= 0.6 is 0 Å². The van der Waals surface area contributed by atoms with Crippen LogP contribution < -0.4 is 15.5 Å². The van der Waals surface area contributed by atoms with E-state index in [1.165, 1.54) is 4.90 Å². The van der Waals surface area contributed by atoms with Crippen LogP contribution in [0.2, 0.25) is 0 Å². The van der Waals surface area contributed by atoms with Gasteiger partial charge in [0.1, 0.15) is 6.54 Å². The molecule has 0 radical (unpaired) electrons. The molecule has 2 aliphatic rings. The second-order valence-electron chi connectivity index (χ2n) is 10.6. The Morgan fingerprint density at radius 2 is 1.49 bits per heavy atom. The van der Waals surface area contributed by atoms with E-state index in [9.17, 15) is 24.3 Å². The maximum Gasteiger partial charge on any atom is 0.315 e. The van der Waals surface area contributed by atoms with E-state index in [-0.39, 0.29) is 36.7 Å². The average molecular weight is 555 g/mol. The van der Waals surface area contributed by atoms with Crippen LogP contribution in [-0.2, 0) is 16.1 Å². The number of urea groups is 1. The topological polar surface area (TPSA) is 119 Å². The molecular weight excluding hydrogens is 520 g/mol. The van der Waals surface area contributed by atoms with Crippen molar-refractivity contribution in [1.82, 2.24) is 15.5 Å². The zero-order valence-corrected chi connectivity index (χ0v) is 22.8. The first-order valence-electron chi connectivity index (χ1n) is 14.0. The molecule has 5 rings (SSSR count). The minimum absolute atomic E-state index is 0.130. The number of amides is 4. The molecule has 1 unspecified atom stereocenters. The van der Waals surface area contributed by atoms with E-state index in [0.717, 1.165) is 24.0 Å².